The molecule has 0 heterocycles. The van der Waals surface area contributed by atoms with E-state index in [0.717, 1.165) is 22.6 Å². The van der Waals surface area contributed by atoms with Crippen molar-refractivity contribution in [1.82, 2.24) is 0 Å². The second-order valence-electron chi connectivity index (χ2n) is 4.87. The van der Waals surface area contributed by atoms with Gasteiger partial charge < -0.3 is 18.9 Å². The summed E-state index contributed by atoms with van der Waals surface area (Å²) in [6, 6.07) is 15.6. The molecule has 0 saturated carbocycles. The van der Waals surface area contributed by atoms with Crippen LogP contribution in [0.2, 0.25) is 0 Å². The SMILES string of the molecule is COc1cccc(C(OC)C(OC)c2cccc(OC)c2)c1. The van der Waals surface area contributed by atoms with Crippen LogP contribution in [0.25, 0.3) is 0 Å². The lowest BCUT2D eigenvalue weighted by Gasteiger charge is -2.26. The molecule has 0 fully saturated rings. The van der Waals surface area contributed by atoms with Gasteiger partial charge in [-0.15, -0.1) is 0 Å². The van der Waals surface area contributed by atoms with E-state index in [4.69, 9.17) is 18.9 Å². The molecular formula is C18H22O4. The van der Waals surface area contributed by atoms with E-state index in [0.29, 0.717) is 0 Å². The zero-order valence-corrected chi connectivity index (χ0v) is 13.4. The Balaban J connectivity index is 2.37. The molecule has 2 aromatic carbocycles. The monoisotopic (exact) mass is 302 g/mol. The average molecular weight is 302 g/mol. The van der Waals surface area contributed by atoms with Gasteiger partial charge in [0.1, 0.15) is 23.7 Å². The third-order valence-electron chi connectivity index (χ3n) is 3.63. The van der Waals surface area contributed by atoms with Gasteiger partial charge in [0.15, 0.2) is 0 Å². The van der Waals surface area contributed by atoms with Gasteiger partial charge in [-0.3, -0.25) is 0 Å². The maximum atomic E-state index is 5.70. The summed E-state index contributed by atoms with van der Waals surface area (Å²) in [5, 5.41) is 0. The predicted octanol–water partition coefficient (Wildman–Crippen LogP) is 3.78. The number of hydrogen-bond donors (Lipinski definition) is 0. The van der Waals surface area contributed by atoms with Crippen molar-refractivity contribution in [2.24, 2.45) is 0 Å². The second kappa shape index (κ2) is 7.82. The van der Waals surface area contributed by atoms with Gasteiger partial charge in [-0.05, 0) is 35.4 Å². The topological polar surface area (TPSA) is 36.9 Å². The molecule has 0 aliphatic rings. The minimum Gasteiger partial charge on any atom is -0.497 e. The fourth-order valence-electron chi connectivity index (χ4n) is 2.51. The molecule has 2 atom stereocenters. The highest BCUT2D eigenvalue weighted by Crippen LogP contribution is 2.36. The first-order valence-corrected chi connectivity index (χ1v) is 7.07. The maximum Gasteiger partial charge on any atom is 0.119 e. The van der Waals surface area contributed by atoms with Crippen molar-refractivity contribution < 1.29 is 18.9 Å². The van der Waals surface area contributed by atoms with Gasteiger partial charge in [0, 0.05) is 14.2 Å². The van der Waals surface area contributed by atoms with E-state index in [-0.39, 0.29) is 12.2 Å². The highest BCUT2D eigenvalue weighted by Gasteiger charge is 2.25. The number of hydrogen-bond acceptors (Lipinski definition) is 4. The Morgan fingerprint density at radius 1 is 0.636 bits per heavy atom. The summed E-state index contributed by atoms with van der Waals surface area (Å²) in [7, 11) is 6.65. The molecule has 0 N–H and O–H groups in total. The standard InChI is InChI=1S/C18H22O4/c1-19-15-9-5-7-13(11-15)17(21-3)18(22-4)14-8-6-10-16(12-14)20-2/h5-12,17-18H,1-4H3. The summed E-state index contributed by atoms with van der Waals surface area (Å²) < 4.78 is 22.0. The normalized spacial score (nSPS) is 13.5. The summed E-state index contributed by atoms with van der Waals surface area (Å²) in [6.45, 7) is 0. The lowest BCUT2D eigenvalue weighted by Crippen LogP contribution is -2.15. The lowest BCUT2D eigenvalue weighted by molar-refractivity contribution is -0.0398. The lowest BCUT2D eigenvalue weighted by atomic mass is 9.97. The van der Waals surface area contributed by atoms with Gasteiger partial charge in [-0.1, -0.05) is 24.3 Å². The molecule has 4 nitrogen and oxygen atoms in total. The predicted molar refractivity (Wildman–Crippen MR) is 85.5 cm³/mol. The van der Waals surface area contributed by atoms with Crippen LogP contribution >= 0.6 is 0 Å². The van der Waals surface area contributed by atoms with Crippen molar-refractivity contribution in [3.63, 3.8) is 0 Å². The highest BCUT2D eigenvalue weighted by molar-refractivity contribution is 5.34. The molecule has 0 bridgehead atoms. The third-order valence-corrected chi connectivity index (χ3v) is 3.63. The number of rotatable bonds is 7. The van der Waals surface area contributed by atoms with Gasteiger partial charge >= 0.3 is 0 Å². The molecule has 2 rings (SSSR count). The first kappa shape index (κ1) is 16.3. The van der Waals surface area contributed by atoms with Crippen LogP contribution in [-0.4, -0.2) is 28.4 Å². The van der Waals surface area contributed by atoms with Crippen molar-refractivity contribution in [2.75, 3.05) is 28.4 Å². The van der Waals surface area contributed by atoms with E-state index >= 15 is 0 Å². The van der Waals surface area contributed by atoms with Crippen molar-refractivity contribution >= 4 is 0 Å². The number of methoxy groups -OCH3 is 4. The Bertz CT molecular complexity index is 544. The molecule has 0 radical (unpaired) electrons. The van der Waals surface area contributed by atoms with E-state index in [9.17, 15) is 0 Å². The van der Waals surface area contributed by atoms with Crippen LogP contribution in [0.3, 0.4) is 0 Å². The molecule has 0 amide bonds. The fraction of sp³-hybridized carbons (Fsp3) is 0.333. The van der Waals surface area contributed by atoms with Crippen molar-refractivity contribution in [1.29, 1.82) is 0 Å². The maximum absolute atomic E-state index is 5.70. The fourth-order valence-corrected chi connectivity index (χ4v) is 2.51. The summed E-state index contributed by atoms with van der Waals surface area (Å²) in [5.41, 5.74) is 1.99. The Morgan fingerprint density at radius 3 is 1.36 bits per heavy atom. The molecule has 0 spiro atoms. The molecular weight excluding hydrogens is 280 g/mol. The summed E-state index contributed by atoms with van der Waals surface area (Å²) in [5.74, 6) is 1.58. The van der Waals surface area contributed by atoms with Crippen molar-refractivity contribution in [3.05, 3.63) is 59.7 Å². The van der Waals surface area contributed by atoms with Crippen LogP contribution in [0.5, 0.6) is 11.5 Å². The quantitative estimate of drug-likeness (QED) is 0.780. The van der Waals surface area contributed by atoms with Crippen LogP contribution in [0.4, 0.5) is 0 Å². The molecule has 0 aliphatic carbocycles. The van der Waals surface area contributed by atoms with Crippen molar-refractivity contribution in [2.45, 2.75) is 12.2 Å². The minimum absolute atomic E-state index is 0.243. The van der Waals surface area contributed by atoms with E-state index in [1.807, 2.05) is 48.5 Å². The molecule has 0 aromatic heterocycles. The van der Waals surface area contributed by atoms with Crippen LogP contribution in [0, 0.1) is 0 Å². The van der Waals surface area contributed by atoms with Gasteiger partial charge in [0.2, 0.25) is 0 Å². The number of ether oxygens (including phenoxy) is 4. The Kier molecular flexibility index (Phi) is 5.81. The Morgan fingerprint density at radius 2 is 1.05 bits per heavy atom. The van der Waals surface area contributed by atoms with E-state index in [2.05, 4.69) is 0 Å². The van der Waals surface area contributed by atoms with Gasteiger partial charge in [0.05, 0.1) is 14.2 Å². The molecule has 2 unspecified atom stereocenters. The summed E-state index contributed by atoms with van der Waals surface area (Å²) >= 11 is 0. The van der Waals surface area contributed by atoms with Crippen LogP contribution in [-0.2, 0) is 9.47 Å². The average Bonchev–Trinajstić information content (AvgIpc) is 2.59. The van der Waals surface area contributed by atoms with Crippen LogP contribution < -0.4 is 9.47 Å². The Hall–Kier alpha value is -2.04. The summed E-state index contributed by atoms with van der Waals surface area (Å²) in [4.78, 5) is 0. The summed E-state index contributed by atoms with van der Waals surface area (Å²) in [6.07, 6.45) is -0.487. The van der Waals surface area contributed by atoms with Crippen LogP contribution in [0.15, 0.2) is 48.5 Å². The Labute approximate surface area is 131 Å². The zero-order chi connectivity index (χ0) is 15.9. The van der Waals surface area contributed by atoms with Gasteiger partial charge in [-0.2, -0.15) is 0 Å². The minimum atomic E-state index is -0.243. The molecule has 2 aromatic rings. The first-order chi connectivity index (χ1) is 10.7. The van der Waals surface area contributed by atoms with E-state index in [1.165, 1.54) is 0 Å². The molecule has 0 aliphatic heterocycles. The van der Waals surface area contributed by atoms with E-state index in [1.54, 1.807) is 28.4 Å². The molecule has 22 heavy (non-hydrogen) atoms. The largest absolute Gasteiger partial charge is 0.497 e. The second-order valence-corrected chi connectivity index (χ2v) is 4.87. The zero-order valence-electron chi connectivity index (χ0n) is 13.4. The van der Waals surface area contributed by atoms with E-state index < -0.39 is 0 Å². The van der Waals surface area contributed by atoms with Crippen molar-refractivity contribution in [3.8, 4) is 11.5 Å². The molecule has 0 saturated heterocycles. The van der Waals surface area contributed by atoms with Gasteiger partial charge in [0.25, 0.3) is 0 Å². The smallest absolute Gasteiger partial charge is 0.119 e. The highest BCUT2D eigenvalue weighted by atomic mass is 16.5. The number of benzene rings is 2. The van der Waals surface area contributed by atoms with Gasteiger partial charge in [-0.25, -0.2) is 0 Å². The van der Waals surface area contributed by atoms with Crippen LogP contribution in [0.1, 0.15) is 23.3 Å². The molecule has 118 valence electrons. The third kappa shape index (κ3) is 3.59. The first-order valence-electron chi connectivity index (χ1n) is 7.07. The molecule has 4 heteroatoms.